The third kappa shape index (κ3) is 1.56. The zero-order valence-electron chi connectivity index (χ0n) is 7.77. The number of nitro benzene ring substituents is 1. The molecule has 0 amide bonds. The highest BCUT2D eigenvalue weighted by molar-refractivity contribution is 5.94. The molecule has 0 heterocycles. The molecule has 0 saturated heterocycles. The van der Waals surface area contributed by atoms with E-state index in [1.54, 1.807) is 12.1 Å². The topological polar surface area (TPSA) is 80.4 Å². The van der Waals surface area contributed by atoms with Gasteiger partial charge in [0.2, 0.25) is 0 Å². The summed E-state index contributed by atoms with van der Waals surface area (Å²) in [6, 6.07) is 3.10. The van der Waals surface area contributed by atoms with Crippen LogP contribution in [0.2, 0.25) is 0 Å². The molecule has 0 atom stereocenters. The van der Waals surface area contributed by atoms with Crippen LogP contribution in [0.1, 0.15) is 21.5 Å². The van der Waals surface area contributed by atoms with Crippen LogP contribution in [0.3, 0.4) is 0 Å². The lowest BCUT2D eigenvalue weighted by Crippen LogP contribution is -2.06. The number of nitro groups is 1. The molecule has 0 radical (unpaired) electrons. The quantitative estimate of drug-likeness (QED) is 0.577. The van der Waals surface area contributed by atoms with Crippen LogP contribution in [-0.2, 0) is 0 Å². The highest BCUT2D eigenvalue weighted by Crippen LogP contribution is 2.25. The van der Waals surface area contributed by atoms with Crippen LogP contribution in [0.5, 0.6) is 0 Å². The van der Waals surface area contributed by atoms with Gasteiger partial charge in [-0.3, -0.25) is 10.1 Å². The minimum Gasteiger partial charge on any atom is -0.477 e. The number of aromatic carboxylic acids is 1. The second-order valence-electron chi connectivity index (χ2n) is 2.99. The van der Waals surface area contributed by atoms with E-state index in [9.17, 15) is 14.9 Å². The van der Waals surface area contributed by atoms with Crippen molar-refractivity contribution in [3.05, 3.63) is 38.9 Å². The van der Waals surface area contributed by atoms with Crippen LogP contribution in [0.15, 0.2) is 12.1 Å². The van der Waals surface area contributed by atoms with E-state index in [-0.39, 0.29) is 11.3 Å². The van der Waals surface area contributed by atoms with Gasteiger partial charge in [0.25, 0.3) is 5.69 Å². The van der Waals surface area contributed by atoms with Gasteiger partial charge in [0.05, 0.1) is 4.92 Å². The lowest BCUT2D eigenvalue weighted by molar-refractivity contribution is -0.385. The number of aryl methyl sites for hydroxylation is 2. The van der Waals surface area contributed by atoms with E-state index < -0.39 is 10.9 Å². The normalized spacial score (nSPS) is 9.86. The number of carbonyl (C=O) groups is 1. The first kappa shape index (κ1) is 10.2. The number of carboxylic acid groups (broad SMARTS) is 1. The Bertz CT molecular complexity index is 373. The third-order valence-electron chi connectivity index (χ3n) is 1.98. The van der Waals surface area contributed by atoms with Gasteiger partial charge in [0, 0.05) is 5.56 Å². The van der Waals surface area contributed by atoms with Gasteiger partial charge < -0.3 is 5.11 Å². The highest BCUT2D eigenvalue weighted by atomic mass is 16.6. The molecule has 0 aliphatic carbocycles. The van der Waals surface area contributed by atoms with E-state index in [0.29, 0.717) is 11.1 Å². The van der Waals surface area contributed by atoms with Gasteiger partial charge in [-0.05, 0) is 19.4 Å². The number of nitrogens with zero attached hydrogens (tertiary/aromatic N) is 1. The largest absolute Gasteiger partial charge is 0.477 e. The Morgan fingerprint density at radius 1 is 1.36 bits per heavy atom. The van der Waals surface area contributed by atoms with Crippen LogP contribution in [0.4, 0.5) is 5.69 Å². The molecule has 1 rings (SSSR count). The first-order valence-electron chi connectivity index (χ1n) is 3.93. The number of hydrogen-bond donors (Lipinski definition) is 1. The average Bonchev–Trinajstić information content (AvgIpc) is 2.07. The van der Waals surface area contributed by atoms with Crippen LogP contribution in [0, 0.1) is 24.0 Å². The molecule has 5 heteroatoms. The molecule has 1 N–H and O–H groups in total. The molecule has 0 spiro atoms. The molecule has 0 saturated carbocycles. The maximum absolute atomic E-state index is 10.8. The van der Waals surface area contributed by atoms with Crippen molar-refractivity contribution in [2.45, 2.75) is 13.8 Å². The van der Waals surface area contributed by atoms with Crippen LogP contribution in [0.25, 0.3) is 0 Å². The Labute approximate surface area is 80.1 Å². The van der Waals surface area contributed by atoms with E-state index in [1.807, 2.05) is 0 Å². The molecule has 0 aliphatic rings. The number of benzene rings is 1. The lowest BCUT2D eigenvalue weighted by Gasteiger charge is -2.04. The fraction of sp³-hybridized carbons (Fsp3) is 0.222. The summed E-state index contributed by atoms with van der Waals surface area (Å²) in [4.78, 5) is 20.8. The molecule has 0 aliphatic heterocycles. The van der Waals surface area contributed by atoms with E-state index >= 15 is 0 Å². The van der Waals surface area contributed by atoms with Gasteiger partial charge in [-0.2, -0.15) is 0 Å². The molecule has 14 heavy (non-hydrogen) atoms. The molecule has 1 aromatic carbocycles. The zero-order valence-corrected chi connectivity index (χ0v) is 7.77. The Morgan fingerprint density at radius 3 is 2.21 bits per heavy atom. The number of rotatable bonds is 2. The van der Waals surface area contributed by atoms with Gasteiger partial charge in [0.15, 0.2) is 0 Å². The third-order valence-corrected chi connectivity index (χ3v) is 1.98. The monoisotopic (exact) mass is 195 g/mol. The summed E-state index contributed by atoms with van der Waals surface area (Å²) in [5.74, 6) is -1.27. The minimum absolute atomic E-state index is 0.227. The first-order chi connectivity index (χ1) is 6.45. The molecular formula is C9H9NO4. The van der Waals surface area contributed by atoms with Crippen molar-refractivity contribution in [2.24, 2.45) is 0 Å². The molecule has 0 fully saturated rings. The highest BCUT2D eigenvalue weighted by Gasteiger charge is 2.24. The van der Waals surface area contributed by atoms with Gasteiger partial charge in [-0.25, -0.2) is 4.79 Å². The summed E-state index contributed by atoms with van der Waals surface area (Å²) >= 11 is 0. The van der Waals surface area contributed by atoms with Crippen molar-refractivity contribution in [2.75, 3.05) is 0 Å². The number of hydrogen-bond acceptors (Lipinski definition) is 3. The Morgan fingerprint density at radius 2 is 1.86 bits per heavy atom. The van der Waals surface area contributed by atoms with E-state index in [0.717, 1.165) is 0 Å². The predicted molar refractivity (Wildman–Crippen MR) is 49.5 cm³/mol. The van der Waals surface area contributed by atoms with Gasteiger partial charge in [0.1, 0.15) is 5.56 Å². The van der Waals surface area contributed by atoms with Gasteiger partial charge in [-0.1, -0.05) is 12.1 Å². The molecule has 0 bridgehead atoms. The fourth-order valence-corrected chi connectivity index (χ4v) is 1.30. The summed E-state index contributed by atoms with van der Waals surface area (Å²) in [6.45, 7) is 3.06. The van der Waals surface area contributed by atoms with Crippen molar-refractivity contribution >= 4 is 11.7 Å². The minimum atomic E-state index is -1.27. The summed E-state index contributed by atoms with van der Waals surface area (Å²) in [6.07, 6.45) is 0. The molecule has 5 nitrogen and oxygen atoms in total. The molecule has 0 unspecified atom stereocenters. The summed E-state index contributed by atoms with van der Waals surface area (Å²) in [5, 5.41) is 19.5. The molecule has 0 aromatic heterocycles. The lowest BCUT2D eigenvalue weighted by atomic mass is 10.0. The standard InChI is InChI=1S/C9H9NO4/c1-5-3-4-6(2)8(10(13)14)7(5)9(11)12/h3-4H,1-2H3,(H,11,12). The molecule has 74 valence electrons. The van der Waals surface area contributed by atoms with Gasteiger partial charge >= 0.3 is 5.97 Å². The van der Waals surface area contributed by atoms with Crippen molar-refractivity contribution in [1.82, 2.24) is 0 Å². The second kappa shape index (κ2) is 3.45. The summed E-state index contributed by atoms with van der Waals surface area (Å²) in [5.41, 5.74) is 0.209. The van der Waals surface area contributed by atoms with Gasteiger partial charge in [-0.15, -0.1) is 0 Å². The fourth-order valence-electron chi connectivity index (χ4n) is 1.30. The van der Waals surface area contributed by atoms with E-state index in [1.165, 1.54) is 13.8 Å². The van der Waals surface area contributed by atoms with Crippen molar-refractivity contribution in [1.29, 1.82) is 0 Å². The smallest absolute Gasteiger partial charge is 0.343 e. The summed E-state index contributed by atoms with van der Waals surface area (Å²) in [7, 11) is 0. The van der Waals surface area contributed by atoms with Crippen LogP contribution >= 0.6 is 0 Å². The van der Waals surface area contributed by atoms with Crippen LogP contribution < -0.4 is 0 Å². The first-order valence-corrected chi connectivity index (χ1v) is 3.93. The Balaban J connectivity index is 3.58. The summed E-state index contributed by atoms with van der Waals surface area (Å²) < 4.78 is 0. The second-order valence-corrected chi connectivity index (χ2v) is 2.99. The molecule has 1 aromatic rings. The average molecular weight is 195 g/mol. The SMILES string of the molecule is Cc1ccc(C)c([N+](=O)[O-])c1C(=O)O. The Kier molecular flexibility index (Phi) is 2.51. The van der Waals surface area contributed by atoms with Crippen molar-refractivity contribution in [3.8, 4) is 0 Å². The zero-order chi connectivity index (χ0) is 10.9. The van der Waals surface area contributed by atoms with Crippen molar-refractivity contribution in [3.63, 3.8) is 0 Å². The molecular weight excluding hydrogens is 186 g/mol. The van der Waals surface area contributed by atoms with E-state index in [4.69, 9.17) is 5.11 Å². The number of carboxylic acids is 1. The maximum Gasteiger partial charge on any atom is 0.343 e. The maximum atomic E-state index is 10.8. The Hall–Kier alpha value is -1.91. The predicted octanol–water partition coefficient (Wildman–Crippen LogP) is 1.91. The van der Waals surface area contributed by atoms with E-state index in [2.05, 4.69) is 0 Å². The van der Waals surface area contributed by atoms with Crippen molar-refractivity contribution < 1.29 is 14.8 Å². The van der Waals surface area contributed by atoms with Crippen LogP contribution in [-0.4, -0.2) is 16.0 Å².